The number of nitrogens with one attached hydrogen (secondary N) is 1. The molecule has 0 radical (unpaired) electrons. The Bertz CT molecular complexity index is 189. The third-order valence-corrected chi connectivity index (χ3v) is 2.30. The summed E-state index contributed by atoms with van der Waals surface area (Å²) >= 11 is 0. The predicted octanol–water partition coefficient (Wildman–Crippen LogP) is -3.81. The molecule has 1 fully saturated rings. The first-order valence-electron chi connectivity index (χ1n) is 4.46. The molecule has 1 aliphatic heterocycles. The van der Waals surface area contributed by atoms with E-state index >= 15 is 0 Å². The molecule has 3 N–H and O–H groups in total. The molecule has 2 atom stereocenters. The predicted molar refractivity (Wildman–Crippen MR) is 48.4 cm³/mol. The van der Waals surface area contributed by atoms with Gasteiger partial charge in [-0.2, -0.15) is 0 Å². The van der Waals surface area contributed by atoms with E-state index in [0.29, 0.717) is 6.67 Å². The molecular weight excluding hydrogens is 195 g/mol. The zero-order valence-corrected chi connectivity index (χ0v) is 10.7. The smallest absolute Gasteiger partial charge is 1.00 e. The van der Waals surface area contributed by atoms with Gasteiger partial charge < -0.3 is 17.0 Å². The Labute approximate surface area is 107 Å². The van der Waals surface area contributed by atoms with Crippen molar-refractivity contribution in [1.29, 1.82) is 0 Å². The standard InChI is InChI=1S/C8H16N2O3.Na.H/c1-6(11)7(4-8(12)13)10-3-2-9-5-10;;/h6-7,9,11H,2-5H2,1H3,(H,12,13);;/q;+1;-1. The van der Waals surface area contributed by atoms with E-state index in [0.717, 1.165) is 13.1 Å². The number of carboxylic acid groups (broad SMARTS) is 1. The van der Waals surface area contributed by atoms with E-state index in [1.807, 2.05) is 4.90 Å². The maximum absolute atomic E-state index is 10.5. The van der Waals surface area contributed by atoms with Gasteiger partial charge in [-0.15, -0.1) is 0 Å². The van der Waals surface area contributed by atoms with Crippen LogP contribution >= 0.6 is 0 Å². The second-order valence-corrected chi connectivity index (χ2v) is 3.38. The first-order chi connectivity index (χ1) is 6.11. The number of aliphatic hydroxyl groups is 1. The Morgan fingerprint density at radius 2 is 2.36 bits per heavy atom. The summed E-state index contributed by atoms with van der Waals surface area (Å²) < 4.78 is 0. The average molecular weight is 212 g/mol. The van der Waals surface area contributed by atoms with Crippen LogP contribution in [-0.4, -0.2) is 53.0 Å². The summed E-state index contributed by atoms with van der Waals surface area (Å²) in [6, 6.07) is -0.271. The van der Waals surface area contributed by atoms with Crippen molar-refractivity contribution in [3.63, 3.8) is 0 Å². The molecule has 14 heavy (non-hydrogen) atoms. The van der Waals surface area contributed by atoms with Crippen LogP contribution in [0, 0.1) is 0 Å². The molecule has 0 aromatic carbocycles. The van der Waals surface area contributed by atoms with Gasteiger partial charge in [0, 0.05) is 25.8 Å². The van der Waals surface area contributed by atoms with Gasteiger partial charge in [-0.05, 0) is 6.92 Å². The largest absolute Gasteiger partial charge is 1.00 e. The van der Waals surface area contributed by atoms with E-state index in [-0.39, 0.29) is 43.4 Å². The van der Waals surface area contributed by atoms with Crippen molar-refractivity contribution in [3.05, 3.63) is 0 Å². The summed E-state index contributed by atoms with van der Waals surface area (Å²) in [5, 5.41) is 21.1. The van der Waals surface area contributed by atoms with Gasteiger partial charge in [-0.3, -0.25) is 9.69 Å². The van der Waals surface area contributed by atoms with Gasteiger partial charge >= 0.3 is 35.5 Å². The SMILES string of the molecule is CC(O)C(CC(=O)O)N1CCNC1.[H-].[Na+]. The summed E-state index contributed by atoms with van der Waals surface area (Å²) in [5.74, 6) is -0.863. The van der Waals surface area contributed by atoms with Crippen molar-refractivity contribution in [2.75, 3.05) is 19.8 Å². The van der Waals surface area contributed by atoms with Gasteiger partial charge in [0.2, 0.25) is 0 Å². The molecule has 1 saturated heterocycles. The zero-order valence-electron chi connectivity index (χ0n) is 9.73. The van der Waals surface area contributed by atoms with Crippen LogP contribution in [0.1, 0.15) is 14.8 Å². The Morgan fingerprint density at radius 3 is 2.71 bits per heavy atom. The van der Waals surface area contributed by atoms with E-state index < -0.39 is 12.1 Å². The first kappa shape index (κ1) is 14.3. The molecule has 1 heterocycles. The molecule has 0 aromatic rings. The van der Waals surface area contributed by atoms with E-state index in [1.165, 1.54) is 0 Å². The Morgan fingerprint density at radius 1 is 1.71 bits per heavy atom. The number of rotatable bonds is 4. The van der Waals surface area contributed by atoms with Gasteiger partial charge in [-0.25, -0.2) is 0 Å². The fourth-order valence-corrected chi connectivity index (χ4v) is 1.59. The molecule has 5 nitrogen and oxygen atoms in total. The second-order valence-electron chi connectivity index (χ2n) is 3.38. The van der Waals surface area contributed by atoms with E-state index in [2.05, 4.69) is 5.32 Å². The quantitative estimate of drug-likeness (QED) is 0.417. The van der Waals surface area contributed by atoms with Crippen LogP contribution in [0.3, 0.4) is 0 Å². The maximum atomic E-state index is 10.5. The van der Waals surface area contributed by atoms with Crippen molar-refractivity contribution in [1.82, 2.24) is 10.2 Å². The van der Waals surface area contributed by atoms with Crippen LogP contribution in [0.25, 0.3) is 0 Å². The van der Waals surface area contributed by atoms with Crippen LogP contribution < -0.4 is 34.9 Å². The number of hydrogen-bond acceptors (Lipinski definition) is 4. The van der Waals surface area contributed by atoms with Gasteiger partial charge in [0.05, 0.1) is 12.5 Å². The van der Waals surface area contributed by atoms with Crippen molar-refractivity contribution in [3.8, 4) is 0 Å². The fourth-order valence-electron chi connectivity index (χ4n) is 1.59. The van der Waals surface area contributed by atoms with Gasteiger partial charge in [0.15, 0.2) is 0 Å². The average Bonchev–Trinajstić information content (AvgIpc) is 2.50. The molecule has 0 bridgehead atoms. The van der Waals surface area contributed by atoms with Crippen LogP contribution in [-0.2, 0) is 4.79 Å². The topological polar surface area (TPSA) is 72.8 Å². The third kappa shape index (κ3) is 4.25. The van der Waals surface area contributed by atoms with E-state index in [9.17, 15) is 9.90 Å². The summed E-state index contributed by atoms with van der Waals surface area (Å²) in [7, 11) is 0. The Balaban J connectivity index is 0. The minimum atomic E-state index is -0.863. The zero-order chi connectivity index (χ0) is 9.84. The molecular formula is C8H17N2NaO3. The van der Waals surface area contributed by atoms with Crippen molar-refractivity contribution >= 4 is 5.97 Å². The normalized spacial score (nSPS) is 21.3. The van der Waals surface area contributed by atoms with Crippen LogP contribution in [0.4, 0.5) is 0 Å². The summed E-state index contributed by atoms with van der Waals surface area (Å²) in [6.45, 7) is 3.97. The van der Waals surface area contributed by atoms with Crippen LogP contribution in [0.5, 0.6) is 0 Å². The number of hydrogen-bond donors (Lipinski definition) is 3. The number of aliphatic hydroxyl groups excluding tert-OH is 1. The molecule has 78 valence electrons. The van der Waals surface area contributed by atoms with Crippen LogP contribution in [0.15, 0.2) is 0 Å². The van der Waals surface area contributed by atoms with Gasteiger partial charge in [0.25, 0.3) is 0 Å². The molecule has 1 aliphatic rings. The third-order valence-electron chi connectivity index (χ3n) is 2.30. The van der Waals surface area contributed by atoms with Crippen molar-refractivity contribution in [2.45, 2.75) is 25.5 Å². The van der Waals surface area contributed by atoms with Gasteiger partial charge in [-0.1, -0.05) is 0 Å². The summed E-state index contributed by atoms with van der Waals surface area (Å²) in [4.78, 5) is 12.5. The molecule has 0 aromatic heterocycles. The molecule has 0 saturated carbocycles. The summed E-state index contributed by atoms with van der Waals surface area (Å²) in [5.41, 5.74) is 0. The number of nitrogens with zero attached hydrogens (tertiary/aromatic N) is 1. The minimum Gasteiger partial charge on any atom is -1.00 e. The molecule has 2 unspecified atom stereocenters. The first-order valence-corrected chi connectivity index (χ1v) is 4.46. The van der Waals surface area contributed by atoms with Crippen molar-refractivity contribution in [2.24, 2.45) is 0 Å². The van der Waals surface area contributed by atoms with Crippen molar-refractivity contribution < 1.29 is 46.0 Å². The molecule has 0 amide bonds. The Kier molecular flexibility index (Phi) is 6.93. The Hall–Kier alpha value is 0.350. The second kappa shape index (κ2) is 6.76. The number of aliphatic carboxylic acids is 1. The van der Waals surface area contributed by atoms with E-state index in [1.54, 1.807) is 6.92 Å². The number of carbonyl (C=O) groups is 1. The fraction of sp³-hybridized carbons (Fsp3) is 0.875. The molecule has 6 heteroatoms. The number of carboxylic acids is 1. The maximum Gasteiger partial charge on any atom is 1.00 e. The summed E-state index contributed by atoms with van der Waals surface area (Å²) in [6.07, 6.45) is -0.602. The molecule has 0 aliphatic carbocycles. The van der Waals surface area contributed by atoms with E-state index in [4.69, 9.17) is 5.11 Å². The molecule has 0 spiro atoms. The van der Waals surface area contributed by atoms with Crippen LogP contribution in [0.2, 0.25) is 0 Å². The monoisotopic (exact) mass is 212 g/mol. The molecule has 1 rings (SSSR count). The van der Waals surface area contributed by atoms with Gasteiger partial charge in [0.1, 0.15) is 0 Å². The minimum absolute atomic E-state index is 0.